The first-order valence-electron chi connectivity index (χ1n) is 9.04. The number of imide groups is 1. The van der Waals surface area contributed by atoms with Gasteiger partial charge in [-0.05, 0) is 50.9 Å². The highest BCUT2D eigenvalue weighted by molar-refractivity contribution is 6.09. The summed E-state index contributed by atoms with van der Waals surface area (Å²) < 4.78 is 0. The van der Waals surface area contributed by atoms with Gasteiger partial charge >= 0.3 is 6.03 Å². The topological polar surface area (TPSA) is 105 Å². The fraction of sp³-hybridized carbons (Fsp3) is 0.833. The summed E-state index contributed by atoms with van der Waals surface area (Å²) in [6.45, 7) is 10.2. The Labute approximate surface area is 162 Å². The molecule has 8 heteroatoms. The van der Waals surface area contributed by atoms with Gasteiger partial charge in [-0.2, -0.15) is 0 Å². The van der Waals surface area contributed by atoms with Crippen LogP contribution < -0.4 is 16.4 Å². The normalized spacial score (nSPS) is 26.5. The maximum Gasteiger partial charge on any atom is 0.325 e. The van der Waals surface area contributed by atoms with Crippen LogP contribution in [-0.4, -0.2) is 46.9 Å². The first kappa shape index (κ1) is 22.7. The second-order valence-electron chi connectivity index (χ2n) is 9.31. The summed E-state index contributed by atoms with van der Waals surface area (Å²) in [5.74, 6) is -0.110. The van der Waals surface area contributed by atoms with E-state index in [-0.39, 0.29) is 42.7 Å². The largest absolute Gasteiger partial charge is 0.353 e. The lowest BCUT2D eigenvalue weighted by Gasteiger charge is -2.40. The summed E-state index contributed by atoms with van der Waals surface area (Å²) in [4.78, 5) is 38.2. The zero-order valence-corrected chi connectivity index (χ0v) is 17.3. The van der Waals surface area contributed by atoms with E-state index < -0.39 is 17.1 Å². The molecular weight excluding hydrogens is 356 g/mol. The Hall–Kier alpha value is -1.34. The number of amides is 4. The van der Waals surface area contributed by atoms with Crippen molar-refractivity contribution in [1.29, 1.82) is 0 Å². The first-order chi connectivity index (χ1) is 11.3. The van der Waals surface area contributed by atoms with E-state index in [9.17, 15) is 14.4 Å². The number of carbonyl (C=O) groups excluding carboxylic acids is 3. The van der Waals surface area contributed by atoms with E-state index in [1.165, 1.54) is 0 Å². The van der Waals surface area contributed by atoms with Crippen LogP contribution in [0.3, 0.4) is 0 Å². The van der Waals surface area contributed by atoms with Crippen LogP contribution >= 0.6 is 12.4 Å². The van der Waals surface area contributed by atoms with Crippen LogP contribution in [0.15, 0.2) is 0 Å². The van der Waals surface area contributed by atoms with Gasteiger partial charge < -0.3 is 16.4 Å². The molecule has 1 saturated carbocycles. The lowest BCUT2D eigenvalue weighted by molar-refractivity contribution is -0.136. The second kappa shape index (κ2) is 7.72. The highest BCUT2D eigenvalue weighted by Crippen LogP contribution is 2.43. The van der Waals surface area contributed by atoms with Crippen molar-refractivity contribution >= 4 is 30.3 Å². The van der Waals surface area contributed by atoms with Gasteiger partial charge in [0.05, 0.1) is 0 Å². The Balaban J connectivity index is 0.00000338. The molecule has 0 aromatic rings. The molecule has 0 unspecified atom stereocenters. The van der Waals surface area contributed by atoms with Gasteiger partial charge in [0.2, 0.25) is 5.91 Å². The lowest BCUT2D eigenvalue weighted by atomic mass is 9.67. The number of nitrogens with one attached hydrogen (secondary N) is 2. The van der Waals surface area contributed by atoms with Gasteiger partial charge in [-0.3, -0.25) is 14.5 Å². The molecule has 0 aromatic heterocycles. The first-order valence-corrected chi connectivity index (χ1v) is 9.04. The number of hydrogen-bond donors (Lipinski definition) is 3. The minimum absolute atomic E-state index is 0. The smallest absolute Gasteiger partial charge is 0.325 e. The Bertz CT molecular complexity index is 558. The zero-order valence-electron chi connectivity index (χ0n) is 16.5. The molecule has 1 saturated heterocycles. The third-order valence-corrected chi connectivity index (χ3v) is 5.35. The van der Waals surface area contributed by atoms with Crippen molar-refractivity contribution in [3.63, 3.8) is 0 Å². The number of urea groups is 1. The van der Waals surface area contributed by atoms with Crippen molar-refractivity contribution in [2.45, 2.75) is 71.4 Å². The lowest BCUT2D eigenvalue weighted by Crippen LogP contribution is -2.51. The fourth-order valence-electron chi connectivity index (χ4n) is 3.66. The molecule has 1 aliphatic heterocycles. The predicted octanol–water partition coefficient (Wildman–Crippen LogP) is 1.79. The molecule has 0 atom stereocenters. The van der Waals surface area contributed by atoms with Gasteiger partial charge in [0.25, 0.3) is 5.91 Å². The van der Waals surface area contributed by atoms with Crippen molar-refractivity contribution in [2.75, 3.05) is 13.1 Å². The number of rotatable bonds is 4. The average Bonchev–Trinajstić information content (AvgIpc) is 2.68. The van der Waals surface area contributed by atoms with Gasteiger partial charge in [-0.15, -0.1) is 12.4 Å². The Morgan fingerprint density at radius 3 is 2.23 bits per heavy atom. The third-order valence-electron chi connectivity index (χ3n) is 5.35. The average molecular weight is 389 g/mol. The summed E-state index contributed by atoms with van der Waals surface area (Å²) in [5.41, 5.74) is 4.66. The van der Waals surface area contributed by atoms with Gasteiger partial charge in [-0.1, -0.05) is 20.8 Å². The SMILES string of the molecule is CC(C)(N)CNC(=O)CN1C(=O)NC2(CCC(C(C)(C)C)CC2)C1=O.Cl. The highest BCUT2D eigenvalue weighted by Gasteiger charge is 2.53. The molecule has 1 aliphatic carbocycles. The summed E-state index contributed by atoms with van der Waals surface area (Å²) in [6, 6.07) is -0.471. The van der Waals surface area contributed by atoms with E-state index >= 15 is 0 Å². The summed E-state index contributed by atoms with van der Waals surface area (Å²) >= 11 is 0. The summed E-state index contributed by atoms with van der Waals surface area (Å²) in [7, 11) is 0. The molecule has 0 bridgehead atoms. The van der Waals surface area contributed by atoms with Crippen LogP contribution in [0.5, 0.6) is 0 Å². The van der Waals surface area contributed by atoms with Crippen molar-refractivity contribution in [3.05, 3.63) is 0 Å². The van der Waals surface area contributed by atoms with Crippen LogP contribution in [-0.2, 0) is 9.59 Å². The maximum absolute atomic E-state index is 12.8. The molecular formula is C18H33ClN4O3. The molecule has 4 N–H and O–H groups in total. The van der Waals surface area contributed by atoms with E-state index in [1.54, 1.807) is 13.8 Å². The number of halogens is 1. The zero-order chi connectivity index (χ0) is 19.0. The van der Waals surface area contributed by atoms with Crippen molar-refractivity contribution in [2.24, 2.45) is 17.1 Å². The van der Waals surface area contributed by atoms with Gasteiger partial charge in [0, 0.05) is 12.1 Å². The molecule has 150 valence electrons. The second-order valence-corrected chi connectivity index (χ2v) is 9.31. The van der Waals surface area contributed by atoms with Crippen LogP contribution in [0, 0.1) is 11.3 Å². The van der Waals surface area contributed by atoms with Crippen molar-refractivity contribution in [3.8, 4) is 0 Å². The van der Waals surface area contributed by atoms with E-state index in [0.29, 0.717) is 18.8 Å². The number of carbonyl (C=O) groups is 3. The fourth-order valence-corrected chi connectivity index (χ4v) is 3.66. The molecule has 1 heterocycles. The molecule has 0 aromatic carbocycles. The Morgan fingerprint density at radius 1 is 1.23 bits per heavy atom. The molecule has 26 heavy (non-hydrogen) atoms. The van der Waals surface area contributed by atoms with Crippen LogP contribution in [0.2, 0.25) is 0 Å². The van der Waals surface area contributed by atoms with Gasteiger partial charge in [-0.25, -0.2) is 4.79 Å². The Kier molecular flexibility index (Phi) is 6.74. The Morgan fingerprint density at radius 2 is 1.77 bits per heavy atom. The molecule has 0 radical (unpaired) electrons. The van der Waals surface area contributed by atoms with Crippen LogP contribution in [0.1, 0.15) is 60.3 Å². The number of nitrogens with zero attached hydrogens (tertiary/aromatic N) is 1. The van der Waals surface area contributed by atoms with E-state index in [0.717, 1.165) is 17.7 Å². The number of hydrogen-bond acceptors (Lipinski definition) is 4. The number of nitrogens with two attached hydrogens (primary N) is 1. The summed E-state index contributed by atoms with van der Waals surface area (Å²) in [5, 5.41) is 5.52. The van der Waals surface area contributed by atoms with E-state index in [4.69, 9.17) is 5.73 Å². The van der Waals surface area contributed by atoms with Crippen molar-refractivity contribution in [1.82, 2.24) is 15.5 Å². The minimum atomic E-state index is -0.827. The van der Waals surface area contributed by atoms with E-state index in [2.05, 4.69) is 31.4 Å². The molecule has 7 nitrogen and oxygen atoms in total. The van der Waals surface area contributed by atoms with E-state index in [1.807, 2.05) is 0 Å². The maximum atomic E-state index is 12.8. The minimum Gasteiger partial charge on any atom is -0.353 e. The predicted molar refractivity (Wildman–Crippen MR) is 103 cm³/mol. The monoisotopic (exact) mass is 388 g/mol. The molecule has 2 rings (SSSR count). The van der Waals surface area contributed by atoms with Gasteiger partial charge in [0.15, 0.2) is 0 Å². The molecule has 1 spiro atoms. The van der Waals surface area contributed by atoms with Gasteiger partial charge in [0.1, 0.15) is 12.1 Å². The van der Waals surface area contributed by atoms with Crippen LogP contribution in [0.4, 0.5) is 4.79 Å². The molecule has 2 fully saturated rings. The standard InChI is InChI=1S/C18H32N4O3.ClH/c1-16(2,3)12-6-8-18(9-7-12)14(24)22(15(25)21-18)10-13(23)20-11-17(4,5)19;/h12H,6-11,19H2,1-5H3,(H,20,23)(H,21,25);1H. The molecule has 4 amide bonds. The summed E-state index contributed by atoms with van der Waals surface area (Å²) in [6.07, 6.45) is 3.06. The van der Waals surface area contributed by atoms with Crippen LogP contribution in [0.25, 0.3) is 0 Å². The van der Waals surface area contributed by atoms with Crippen molar-refractivity contribution < 1.29 is 14.4 Å². The highest BCUT2D eigenvalue weighted by atomic mass is 35.5. The third kappa shape index (κ3) is 5.10. The molecule has 2 aliphatic rings. The quantitative estimate of drug-likeness (QED) is 0.638.